The van der Waals surface area contributed by atoms with Crippen LogP contribution in [0.5, 0.6) is 0 Å². The van der Waals surface area contributed by atoms with Crippen molar-refractivity contribution in [3.8, 4) is 0 Å². The highest BCUT2D eigenvalue weighted by Gasteiger charge is 2.39. The number of hydrogen-bond donors (Lipinski definition) is 3. The Hall–Kier alpha value is -1.59. The third-order valence-electron chi connectivity index (χ3n) is 4.54. The number of halogens is 1. The minimum absolute atomic E-state index is 0. The van der Waals surface area contributed by atoms with Crippen LogP contribution in [-0.4, -0.2) is 30.9 Å². The fraction of sp³-hybridized carbons (Fsp3) is 0.529. The number of carbonyl (C=O) groups excluding carboxylic acids is 2. The standard InChI is InChI=1S/C17H23N3O2.ClH/c1-11-10-15(11)17(22)20-13-4-2-12(3-5-13)16(21)19-14-6-8-18-9-7-14;/h2-5,11,14-15,18H,6-10H2,1H3,(H,19,21)(H,20,22);1H. The minimum atomic E-state index is -0.0411. The number of anilines is 1. The molecule has 0 bridgehead atoms. The van der Waals surface area contributed by atoms with Crippen molar-refractivity contribution in [3.05, 3.63) is 29.8 Å². The highest BCUT2D eigenvalue weighted by atomic mass is 35.5. The molecule has 1 aromatic carbocycles. The van der Waals surface area contributed by atoms with E-state index in [0.29, 0.717) is 11.5 Å². The number of carbonyl (C=O) groups is 2. The maximum atomic E-state index is 12.2. The summed E-state index contributed by atoms with van der Waals surface area (Å²) in [7, 11) is 0. The zero-order valence-electron chi connectivity index (χ0n) is 13.3. The first-order valence-electron chi connectivity index (χ1n) is 8.06. The zero-order valence-corrected chi connectivity index (χ0v) is 14.1. The van der Waals surface area contributed by atoms with Crippen molar-refractivity contribution in [2.45, 2.75) is 32.2 Å². The number of nitrogens with one attached hydrogen (secondary N) is 3. The van der Waals surface area contributed by atoms with Gasteiger partial charge in [-0.25, -0.2) is 0 Å². The van der Waals surface area contributed by atoms with Crippen LogP contribution >= 0.6 is 12.4 Å². The van der Waals surface area contributed by atoms with Gasteiger partial charge in [0.05, 0.1) is 0 Å². The fourth-order valence-corrected chi connectivity index (χ4v) is 2.86. The summed E-state index contributed by atoms with van der Waals surface area (Å²) in [5.41, 5.74) is 1.39. The van der Waals surface area contributed by atoms with Crippen molar-refractivity contribution in [3.63, 3.8) is 0 Å². The second-order valence-electron chi connectivity index (χ2n) is 6.38. The van der Waals surface area contributed by atoms with Gasteiger partial charge in [0.25, 0.3) is 5.91 Å². The third-order valence-corrected chi connectivity index (χ3v) is 4.54. The molecule has 2 aliphatic rings. The van der Waals surface area contributed by atoms with E-state index in [0.717, 1.165) is 38.0 Å². The van der Waals surface area contributed by atoms with Crippen LogP contribution in [0, 0.1) is 11.8 Å². The maximum absolute atomic E-state index is 12.2. The van der Waals surface area contributed by atoms with E-state index in [1.807, 2.05) is 0 Å². The summed E-state index contributed by atoms with van der Waals surface area (Å²) in [5.74, 6) is 0.693. The number of piperidine rings is 1. The molecule has 0 radical (unpaired) electrons. The van der Waals surface area contributed by atoms with Crippen LogP contribution in [0.1, 0.15) is 36.5 Å². The Morgan fingerprint density at radius 2 is 1.74 bits per heavy atom. The van der Waals surface area contributed by atoms with Gasteiger partial charge < -0.3 is 16.0 Å². The van der Waals surface area contributed by atoms with E-state index in [1.54, 1.807) is 24.3 Å². The van der Waals surface area contributed by atoms with Crippen molar-refractivity contribution in [2.75, 3.05) is 18.4 Å². The van der Waals surface area contributed by atoms with E-state index in [4.69, 9.17) is 0 Å². The van der Waals surface area contributed by atoms with Crippen molar-refractivity contribution < 1.29 is 9.59 Å². The fourth-order valence-electron chi connectivity index (χ4n) is 2.86. The first kappa shape index (κ1) is 17.8. The average Bonchev–Trinajstić information content (AvgIpc) is 3.26. The van der Waals surface area contributed by atoms with E-state index in [-0.39, 0.29) is 36.2 Å². The lowest BCUT2D eigenvalue weighted by Gasteiger charge is -2.23. The molecule has 3 N–H and O–H groups in total. The monoisotopic (exact) mass is 337 g/mol. The maximum Gasteiger partial charge on any atom is 0.251 e. The van der Waals surface area contributed by atoms with Gasteiger partial charge in [-0.2, -0.15) is 0 Å². The van der Waals surface area contributed by atoms with Crippen molar-refractivity contribution in [1.82, 2.24) is 10.6 Å². The number of hydrogen-bond acceptors (Lipinski definition) is 3. The Balaban J connectivity index is 0.00000192. The van der Waals surface area contributed by atoms with E-state index >= 15 is 0 Å². The molecule has 1 saturated heterocycles. The summed E-state index contributed by atoms with van der Waals surface area (Å²) in [5, 5.41) is 9.25. The molecular weight excluding hydrogens is 314 g/mol. The molecule has 1 saturated carbocycles. The van der Waals surface area contributed by atoms with Crippen LogP contribution in [0.4, 0.5) is 5.69 Å². The van der Waals surface area contributed by atoms with Crippen molar-refractivity contribution in [2.24, 2.45) is 11.8 Å². The molecule has 2 unspecified atom stereocenters. The second kappa shape index (κ2) is 7.79. The van der Waals surface area contributed by atoms with Gasteiger partial charge in [-0.05, 0) is 62.5 Å². The van der Waals surface area contributed by atoms with E-state index < -0.39 is 0 Å². The van der Waals surface area contributed by atoms with Crippen molar-refractivity contribution in [1.29, 1.82) is 0 Å². The topological polar surface area (TPSA) is 70.2 Å². The van der Waals surface area contributed by atoms with E-state index in [9.17, 15) is 9.59 Å². The molecule has 5 nitrogen and oxygen atoms in total. The smallest absolute Gasteiger partial charge is 0.251 e. The van der Waals surface area contributed by atoms with Crippen LogP contribution in [0.2, 0.25) is 0 Å². The molecule has 3 rings (SSSR count). The summed E-state index contributed by atoms with van der Waals surface area (Å²) in [6.45, 7) is 3.99. The van der Waals surface area contributed by atoms with Gasteiger partial charge in [0, 0.05) is 23.2 Å². The lowest BCUT2D eigenvalue weighted by atomic mass is 10.1. The minimum Gasteiger partial charge on any atom is -0.349 e. The van der Waals surface area contributed by atoms with Crippen LogP contribution in [0.3, 0.4) is 0 Å². The average molecular weight is 338 g/mol. The predicted octanol–water partition coefficient (Wildman–Crippen LogP) is 2.18. The van der Waals surface area contributed by atoms with Gasteiger partial charge in [-0.15, -0.1) is 12.4 Å². The summed E-state index contributed by atoms with van der Waals surface area (Å²) in [6, 6.07) is 7.37. The summed E-state index contributed by atoms with van der Waals surface area (Å²) in [6.07, 6.45) is 2.92. The Bertz CT molecular complexity index is 555. The number of rotatable bonds is 4. The summed E-state index contributed by atoms with van der Waals surface area (Å²) < 4.78 is 0. The Morgan fingerprint density at radius 3 is 2.30 bits per heavy atom. The normalized spacial score (nSPS) is 23.5. The zero-order chi connectivity index (χ0) is 15.5. The summed E-state index contributed by atoms with van der Waals surface area (Å²) in [4.78, 5) is 24.1. The van der Waals surface area contributed by atoms with Gasteiger partial charge in [0.1, 0.15) is 0 Å². The van der Waals surface area contributed by atoms with Crippen LogP contribution in [0.25, 0.3) is 0 Å². The molecule has 0 aromatic heterocycles. The molecule has 0 spiro atoms. The SMILES string of the molecule is CC1CC1C(=O)Nc1ccc(C(=O)NC2CCNCC2)cc1.Cl. The molecule has 1 aromatic rings. The molecule has 6 heteroatoms. The molecule has 1 heterocycles. The highest BCUT2D eigenvalue weighted by molar-refractivity contribution is 5.97. The number of amides is 2. The van der Waals surface area contributed by atoms with Gasteiger partial charge in [-0.3, -0.25) is 9.59 Å². The van der Waals surface area contributed by atoms with E-state index in [1.165, 1.54) is 0 Å². The van der Waals surface area contributed by atoms with Crippen LogP contribution < -0.4 is 16.0 Å². The van der Waals surface area contributed by atoms with Gasteiger partial charge in [0.2, 0.25) is 5.91 Å². The van der Waals surface area contributed by atoms with Crippen molar-refractivity contribution >= 4 is 29.9 Å². The lowest BCUT2D eigenvalue weighted by molar-refractivity contribution is -0.117. The molecule has 23 heavy (non-hydrogen) atoms. The van der Waals surface area contributed by atoms with Gasteiger partial charge in [0.15, 0.2) is 0 Å². The Kier molecular flexibility index (Phi) is 6.02. The molecule has 2 atom stereocenters. The third kappa shape index (κ3) is 4.69. The highest BCUT2D eigenvalue weighted by Crippen LogP contribution is 2.38. The quantitative estimate of drug-likeness (QED) is 0.788. The molecular formula is C17H24ClN3O2. The molecule has 1 aliphatic carbocycles. The second-order valence-corrected chi connectivity index (χ2v) is 6.38. The van der Waals surface area contributed by atoms with Crippen LogP contribution in [0.15, 0.2) is 24.3 Å². The Morgan fingerprint density at radius 1 is 1.13 bits per heavy atom. The summed E-state index contributed by atoms with van der Waals surface area (Å²) >= 11 is 0. The lowest BCUT2D eigenvalue weighted by Crippen LogP contribution is -2.42. The Labute approximate surface area is 143 Å². The molecule has 1 aliphatic heterocycles. The number of benzene rings is 1. The van der Waals surface area contributed by atoms with Crippen LogP contribution in [-0.2, 0) is 4.79 Å². The van der Waals surface area contributed by atoms with Gasteiger partial charge >= 0.3 is 0 Å². The first-order chi connectivity index (χ1) is 10.6. The van der Waals surface area contributed by atoms with Gasteiger partial charge in [-0.1, -0.05) is 6.92 Å². The first-order valence-corrected chi connectivity index (χ1v) is 8.06. The predicted molar refractivity (Wildman–Crippen MR) is 92.9 cm³/mol. The molecule has 2 amide bonds. The van der Waals surface area contributed by atoms with E-state index in [2.05, 4.69) is 22.9 Å². The molecule has 126 valence electrons. The largest absolute Gasteiger partial charge is 0.349 e. The molecule has 2 fully saturated rings.